The van der Waals surface area contributed by atoms with Crippen LogP contribution in [0.5, 0.6) is 0 Å². The summed E-state index contributed by atoms with van der Waals surface area (Å²) in [7, 11) is 0. The smallest absolute Gasteiger partial charge is 0.0480 e. The van der Waals surface area contributed by atoms with Gasteiger partial charge in [0.25, 0.3) is 0 Å². The standard InChI is InChI=1S/C14H27NO/c1-2-12-4-3-5-13(10-12)11-15-14-6-8-16-9-7-14/h12-15H,2-11H2,1H3. The first kappa shape index (κ1) is 12.4. The fourth-order valence-corrected chi connectivity index (χ4v) is 3.19. The van der Waals surface area contributed by atoms with Crippen molar-refractivity contribution >= 4 is 0 Å². The summed E-state index contributed by atoms with van der Waals surface area (Å²) in [6.45, 7) is 5.51. The zero-order valence-electron chi connectivity index (χ0n) is 10.7. The maximum absolute atomic E-state index is 5.39. The summed E-state index contributed by atoms with van der Waals surface area (Å²) in [5.74, 6) is 1.96. The van der Waals surface area contributed by atoms with Crippen LogP contribution in [0.2, 0.25) is 0 Å². The van der Waals surface area contributed by atoms with Crippen molar-refractivity contribution in [1.29, 1.82) is 0 Å². The predicted octanol–water partition coefficient (Wildman–Crippen LogP) is 2.97. The molecule has 16 heavy (non-hydrogen) atoms. The minimum atomic E-state index is 0.732. The lowest BCUT2D eigenvalue weighted by atomic mass is 9.80. The van der Waals surface area contributed by atoms with Gasteiger partial charge in [-0.3, -0.25) is 0 Å². The van der Waals surface area contributed by atoms with Crippen molar-refractivity contribution in [3.63, 3.8) is 0 Å². The van der Waals surface area contributed by atoms with E-state index in [0.717, 1.165) is 31.1 Å². The zero-order valence-corrected chi connectivity index (χ0v) is 10.7. The highest BCUT2D eigenvalue weighted by molar-refractivity contribution is 4.77. The second-order valence-corrected chi connectivity index (χ2v) is 5.60. The van der Waals surface area contributed by atoms with Crippen molar-refractivity contribution in [2.75, 3.05) is 19.8 Å². The van der Waals surface area contributed by atoms with Gasteiger partial charge in [0.15, 0.2) is 0 Å². The monoisotopic (exact) mass is 225 g/mol. The molecule has 0 radical (unpaired) electrons. The third-order valence-corrected chi connectivity index (χ3v) is 4.39. The van der Waals surface area contributed by atoms with E-state index in [0.29, 0.717) is 0 Å². The number of rotatable bonds is 4. The summed E-state index contributed by atoms with van der Waals surface area (Å²) >= 11 is 0. The molecule has 0 bridgehead atoms. The predicted molar refractivity (Wildman–Crippen MR) is 67.6 cm³/mol. The van der Waals surface area contributed by atoms with Crippen LogP contribution in [0.15, 0.2) is 0 Å². The average molecular weight is 225 g/mol. The van der Waals surface area contributed by atoms with Crippen LogP contribution in [0.1, 0.15) is 51.9 Å². The molecule has 1 saturated heterocycles. The highest BCUT2D eigenvalue weighted by Crippen LogP contribution is 2.30. The summed E-state index contributed by atoms with van der Waals surface area (Å²) in [6, 6.07) is 0.732. The van der Waals surface area contributed by atoms with E-state index in [1.165, 1.54) is 51.5 Å². The molecule has 2 aliphatic rings. The van der Waals surface area contributed by atoms with E-state index in [-0.39, 0.29) is 0 Å². The van der Waals surface area contributed by atoms with Gasteiger partial charge in [0, 0.05) is 19.3 Å². The Kier molecular flexibility index (Phi) is 5.11. The Labute approximate surface area is 100 Å². The molecule has 0 aromatic carbocycles. The molecule has 1 saturated carbocycles. The van der Waals surface area contributed by atoms with Crippen molar-refractivity contribution in [3.8, 4) is 0 Å². The van der Waals surface area contributed by atoms with Crippen molar-refractivity contribution < 1.29 is 4.74 Å². The average Bonchev–Trinajstić information content (AvgIpc) is 2.38. The first-order valence-corrected chi connectivity index (χ1v) is 7.19. The molecule has 0 amide bonds. The summed E-state index contributed by atoms with van der Waals surface area (Å²) in [5.41, 5.74) is 0. The van der Waals surface area contributed by atoms with E-state index in [9.17, 15) is 0 Å². The molecule has 0 aromatic rings. The number of hydrogen-bond acceptors (Lipinski definition) is 2. The molecule has 2 heteroatoms. The van der Waals surface area contributed by atoms with E-state index in [2.05, 4.69) is 12.2 Å². The van der Waals surface area contributed by atoms with Crippen molar-refractivity contribution in [3.05, 3.63) is 0 Å². The summed E-state index contributed by atoms with van der Waals surface area (Å²) in [6.07, 6.45) is 9.66. The Bertz CT molecular complexity index is 189. The molecule has 2 fully saturated rings. The topological polar surface area (TPSA) is 21.3 Å². The molecule has 1 heterocycles. The largest absolute Gasteiger partial charge is 0.381 e. The Hall–Kier alpha value is -0.0800. The molecule has 1 aliphatic heterocycles. The minimum Gasteiger partial charge on any atom is -0.381 e. The van der Waals surface area contributed by atoms with Crippen LogP contribution in [0.25, 0.3) is 0 Å². The first-order valence-electron chi connectivity index (χ1n) is 7.19. The third kappa shape index (κ3) is 3.74. The van der Waals surface area contributed by atoms with Gasteiger partial charge in [0.2, 0.25) is 0 Å². The van der Waals surface area contributed by atoms with Gasteiger partial charge in [0.1, 0.15) is 0 Å². The Morgan fingerprint density at radius 1 is 1.06 bits per heavy atom. The number of hydrogen-bond donors (Lipinski definition) is 1. The van der Waals surface area contributed by atoms with E-state index in [1.807, 2.05) is 0 Å². The van der Waals surface area contributed by atoms with Crippen LogP contribution in [0, 0.1) is 11.8 Å². The van der Waals surface area contributed by atoms with Gasteiger partial charge in [-0.1, -0.05) is 26.2 Å². The maximum atomic E-state index is 5.39. The first-order chi connectivity index (χ1) is 7.88. The lowest BCUT2D eigenvalue weighted by Gasteiger charge is -2.31. The Morgan fingerprint density at radius 3 is 2.56 bits per heavy atom. The van der Waals surface area contributed by atoms with Gasteiger partial charge in [-0.15, -0.1) is 0 Å². The fourth-order valence-electron chi connectivity index (χ4n) is 3.19. The van der Waals surface area contributed by atoms with E-state index in [4.69, 9.17) is 4.74 Å². The van der Waals surface area contributed by atoms with Gasteiger partial charge >= 0.3 is 0 Å². The van der Waals surface area contributed by atoms with E-state index in [1.54, 1.807) is 0 Å². The van der Waals surface area contributed by atoms with Crippen LogP contribution in [-0.4, -0.2) is 25.8 Å². The van der Waals surface area contributed by atoms with Crippen molar-refractivity contribution in [1.82, 2.24) is 5.32 Å². The van der Waals surface area contributed by atoms with Crippen LogP contribution < -0.4 is 5.32 Å². The molecular formula is C14H27NO. The van der Waals surface area contributed by atoms with Crippen molar-refractivity contribution in [2.24, 2.45) is 11.8 Å². The molecule has 94 valence electrons. The van der Waals surface area contributed by atoms with Gasteiger partial charge in [-0.2, -0.15) is 0 Å². The lowest BCUT2D eigenvalue weighted by molar-refractivity contribution is 0.0757. The minimum absolute atomic E-state index is 0.732. The third-order valence-electron chi connectivity index (χ3n) is 4.39. The number of nitrogens with one attached hydrogen (secondary N) is 1. The van der Waals surface area contributed by atoms with E-state index >= 15 is 0 Å². The maximum Gasteiger partial charge on any atom is 0.0480 e. The molecule has 2 nitrogen and oxygen atoms in total. The van der Waals surface area contributed by atoms with Gasteiger partial charge in [-0.05, 0) is 44.1 Å². The number of ether oxygens (including phenoxy) is 1. The Balaban J connectivity index is 1.64. The van der Waals surface area contributed by atoms with Crippen molar-refractivity contribution in [2.45, 2.75) is 57.9 Å². The highest BCUT2D eigenvalue weighted by atomic mass is 16.5. The molecule has 2 rings (SSSR count). The van der Waals surface area contributed by atoms with Crippen LogP contribution >= 0.6 is 0 Å². The van der Waals surface area contributed by atoms with Crippen LogP contribution in [-0.2, 0) is 4.74 Å². The second kappa shape index (κ2) is 6.61. The molecule has 2 atom stereocenters. The quantitative estimate of drug-likeness (QED) is 0.794. The normalized spacial score (nSPS) is 32.8. The summed E-state index contributed by atoms with van der Waals surface area (Å²) < 4.78 is 5.39. The van der Waals surface area contributed by atoms with Gasteiger partial charge in [0.05, 0.1) is 0 Å². The van der Waals surface area contributed by atoms with Gasteiger partial charge in [-0.25, -0.2) is 0 Å². The lowest BCUT2D eigenvalue weighted by Crippen LogP contribution is -2.38. The fraction of sp³-hybridized carbons (Fsp3) is 1.00. The molecule has 1 N–H and O–H groups in total. The second-order valence-electron chi connectivity index (χ2n) is 5.60. The van der Waals surface area contributed by atoms with Crippen LogP contribution in [0.4, 0.5) is 0 Å². The Morgan fingerprint density at radius 2 is 1.81 bits per heavy atom. The molecule has 0 spiro atoms. The zero-order chi connectivity index (χ0) is 11.2. The molecule has 1 aliphatic carbocycles. The SMILES string of the molecule is CCC1CCCC(CNC2CCOCC2)C1. The summed E-state index contributed by atoms with van der Waals surface area (Å²) in [4.78, 5) is 0. The van der Waals surface area contributed by atoms with Gasteiger partial charge < -0.3 is 10.1 Å². The molecule has 2 unspecified atom stereocenters. The highest BCUT2D eigenvalue weighted by Gasteiger charge is 2.22. The molecule has 0 aromatic heterocycles. The van der Waals surface area contributed by atoms with Crippen LogP contribution in [0.3, 0.4) is 0 Å². The summed E-state index contributed by atoms with van der Waals surface area (Å²) in [5, 5.41) is 3.76. The molecular weight excluding hydrogens is 198 g/mol. The van der Waals surface area contributed by atoms with E-state index < -0.39 is 0 Å².